The molecule has 2 aliphatic carbocycles. The lowest BCUT2D eigenvalue weighted by atomic mass is 9.88. The fraction of sp³-hybridized carbons (Fsp3) is 0.455. The Hall–Kier alpha value is -3.28. The molecule has 7 nitrogen and oxygen atoms in total. The lowest BCUT2D eigenvalue weighted by Crippen LogP contribution is -2.37. The maximum Gasteiger partial charge on any atom is 0.252 e. The summed E-state index contributed by atoms with van der Waals surface area (Å²) in [6, 6.07) is 5.42. The van der Waals surface area contributed by atoms with Gasteiger partial charge in [0.15, 0.2) is 0 Å². The van der Waals surface area contributed by atoms with Crippen LogP contribution in [0.5, 0.6) is 0 Å². The maximum absolute atomic E-state index is 13.1. The summed E-state index contributed by atoms with van der Waals surface area (Å²) < 4.78 is 29.5. The first-order chi connectivity index (χ1) is 14.9. The summed E-state index contributed by atoms with van der Waals surface area (Å²) in [5.74, 6) is -3.40. The Bertz CT molecular complexity index is 1160. The van der Waals surface area contributed by atoms with Crippen molar-refractivity contribution >= 4 is 17.1 Å². The van der Waals surface area contributed by atoms with Crippen LogP contribution in [0.1, 0.15) is 44.6 Å². The van der Waals surface area contributed by atoms with Crippen molar-refractivity contribution < 1.29 is 13.6 Å². The molecule has 6 rings (SSSR count). The zero-order valence-electron chi connectivity index (χ0n) is 16.9. The quantitative estimate of drug-likeness (QED) is 0.631. The Labute approximate surface area is 177 Å². The van der Waals surface area contributed by atoms with Gasteiger partial charge in [-0.05, 0) is 18.6 Å². The van der Waals surface area contributed by atoms with Crippen LogP contribution in [0.15, 0.2) is 36.9 Å². The molecule has 2 saturated carbocycles. The minimum atomic E-state index is -2.59. The van der Waals surface area contributed by atoms with E-state index in [0.717, 1.165) is 16.6 Å². The second-order valence-electron chi connectivity index (χ2n) is 8.42. The summed E-state index contributed by atoms with van der Waals surface area (Å²) in [5, 5.41) is 17.6. The van der Waals surface area contributed by atoms with Crippen LogP contribution in [0.3, 0.4) is 0 Å². The third kappa shape index (κ3) is 3.78. The van der Waals surface area contributed by atoms with E-state index >= 15 is 0 Å². The van der Waals surface area contributed by atoms with E-state index in [4.69, 9.17) is 5.26 Å². The number of fused-ring (bicyclic) bond motifs is 1. The number of aromatic nitrogens is 4. The van der Waals surface area contributed by atoms with Crippen LogP contribution >= 0.6 is 0 Å². The van der Waals surface area contributed by atoms with E-state index in [0.29, 0.717) is 18.7 Å². The predicted octanol–water partition coefficient (Wildman–Crippen LogP) is 4.21. The maximum atomic E-state index is 13.1. The van der Waals surface area contributed by atoms with Gasteiger partial charge in [-0.1, -0.05) is 19.3 Å². The summed E-state index contributed by atoms with van der Waals surface area (Å²) in [6.45, 7) is 0.491. The first-order valence-electron chi connectivity index (χ1n) is 10.6. The standard InChI is InChI=1S/C19H16F2N6O.C3H6/c20-19(21)6-15(7-19)26-11-14(9-24-26)13-5-17-16(1-3-23-27(17)10-13)25-4-2-12(8-22)18(25)28;1-2-3-1/h1,3,5,9-12,15H,2,4,6-7H2;1-3H2. The Morgan fingerprint density at radius 3 is 2.55 bits per heavy atom. The van der Waals surface area contributed by atoms with Crippen molar-refractivity contribution in [2.45, 2.75) is 50.5 Å². The van der Waals surface area contributed by atoms with Gasteiger partial charge in [0.1, 0.15) is 5.92 Å². The number of halogens is 2. The Kier molecular flexibility index (Phi) is 4.73. The lowest BCUT2D eigenvalue weighted by molar-refractivity contribution is -0.119. The highest BCUT2D eigenvalue weighted by Gasteiger charge is 2.46. The van der Waals surface area contributed by atoms with Crippen LogP contribution in [0.25, 0.3) is 16.6 Å². The van der Waals surface area contributed by atoms with Gasteiger partial charge >= 0.3 is 0 Å². The molecule has 160 valence electrons. The molecule has 3 fully saturated rings. The third-order valence-corrected chi connectivity index (χ3v) is 5.87. The normalized spacial score (nSPS) is 22.0. The second-order valence-corrected chi connectivity index (χ2v) is 8.42. The van der Waals surface area contributed by atoms with E-state index in [2.05, 4.69) is 10.2 Å². The Morgan fingerprint density at radius 2 is 1.90 bits per heavy atom. The highest BCUT2D eigenvalue weighted by Crippen LogP contribution is 2.45. The number of hydrogen-bond acceptors (Lipinski definition) is 4. The number of anilines is 1. The van der Waals surface area contributed by atoms with Crippen molar-refractivity contribution in [3.05, 3.63) is 36.9 Å². The highest BCUT2D eigenvalue weighted by molar-refractivity contribution is 6.02. The number of hydrogen-bond donors (Lipinski definition) is 0. The molecule has 3 aromatic heterocycles. The molecule has 3 aromatic rings. The van der Waals surface area contributed by atoms with Gasteiger partial charge in [0.25, 0.3) is 5.92 Å². The number of nitriles is 1. The number of nitrogens with zero attached hydrogens (tertiary/aromatic N) is 6. The van der Waals surface area contributed by atoms with Crippen LogP contribution in [0.4, 0.5) is 14.5 Å². The number of carbonyl (C=O) groups excluding carboxylic acids is 1. The first kappa shape index (κ1) is 19.7. The van der Waals surface area contributed by atoms with Gasteiger partial charge in [-0.3, -0.25) is 9.48 Å². The lowest BCUT2D eigenvalue weighted by Gasteiger charge is -2.34. The number of alkyl halides is 2. The SMILES string of the molecule is C1CC1.N#CC1CCN(c2ccnn3cc(-c4cnn(C5CC(F)(F)C5)c4)cc23)C1=O. The molecule has 0 aromatic carbocycles. The molecule has 9 heteroatoms. The van der Waals surface area contributed by atoms with Crippen molar-refractivity contribution in [1.82, 2.24) is 19.4 Å². The van der Waals surface area contributed by atoms with Gasteiger partial charge in [0, 0.05) is 49.1 Å². The molecule has 1 amide bonds. The molecular formula is C22H22F2N6O. The van der Waals surface area contributed by atoms with E-state index < -0.39 is 11.8 Å². The number of carbonyl (C=O) groups is 1. The van der Waals surface area contributed by atoms with Crippen LogP contribution in [0.2, 0.25) is 0 Å². The molecule has 1 saturated heterocycles. The first-order valence-corrected chi connectivity index (χ1v) is 10.6. The van der Waals surface area contributed by atoms with Gasteiger partial charge in [0.05, 0.1) is 29.5 Å². The summed E-state index contributed by atoms with van der Waals surface area (Å²) in [4.78, 5) is 14.0. The third-order valence-electron chi connectivity index (χ3n) is 5.87. The Morgan fingerprint density at radius 1 is 1.13 bits per heavy atom. The highest BCUT2D eigenvalue weighted by atomic mass is 19.3. The molecule has 1 atom stereocenters. The summed E-state index contributed by atoms with van der Waals surface area (Å²) in [6.07, 6.45) is 11.5. The van der Waals surface area contributed by atoms with Crippen molar-refractivity contribution in [1.29, 1.82) is 5.26 Å². The summed E-state index contributed by atoms with van der Waals surface area (Å²) in [5.41, 5.74) is 3.08. The monoisotopic (exact) mass is 424 g/mol. The van der Waals surface area contributed by atoms with Crippen molar-refractivity contribution in [3.63, 3.8) is 0 Å². The van der Waals surface area contributed by atoms with Crippen LogP contribution in [-0.4, -0.2) is 37.8 Å². The number of amides is 1. The van der Waals surface area contributed by atoms with E-state index in [1.807, 2.05) is 18.3 Å². The molecule has 0 radical (unpaired) electrons. The van der Waals surface area contributed by atoms with Gasteiger partial charge in [0.2, 0.25) is 5.91 Å². The predicted molar refractivity (Wildman–Crippen MR) is 110 cm³/mol. The molecule has 4 heterocycles. The van der Waals surface area contributed by atoms with E-state index in [9.17, 15) is 13.6 Å². The van der Waals surface area contributed by atoms with Crippen LogP contribution in [-0.2, 0) is 4.79 Å². The topological polar surface area (TPSA) is 79.2 Å². The van der Waals surface area contributed by atoms with Crippen molar-refractivity contribution in [3.8, 4) is 17.2 Å². The summed E-state index contributed by atoms with van der Waals surface area (Å²) >= 11 is 0. The van der Waals surface area contributed by atoms with Crippen molar-refractivity contribution in [2.75, 3.05) is 11.4 Å². The van der Waals surface area contributed by atoms with E-state index in [1.54, 1.807) is 38.8 Å². The van der Waals surface area contributed by atoms with Crippen LogP contribution < -0.4 is 4.90 Å². The molecule has 0 spiro atoms. The minimum absolute atomic E-state index is 0.186. The number of rotatable bonds is 3. The van der Waals surface area contributed by atoms with Gasteiger partial charge in [-0.15, -0.1) is 0 Å². The second kappa shape index (κ2) is 7.45. The van der Waals surface area contributed by atoms with Gasteiger partial charge < -0.3 is 4.90 Å². The molecule has 31 heavy (non-hydrogen) atoms. The average molecular weight is 424 g/mol. The zero-order chi connectivity index (χ0) is 21.6. The van der Waals surface area contributed by atoms with E-state index in [-0.39, 0.29) is 24.8 Å². The minimum Gasteiger partial charge on any atom is -0.309 e. The molecule has 1 aliphatic heterocycles. The van der Waals surface area contributed by atoms with Crippen LogP contribution in [0, 0.1) is 17.2 Å². The van der Waals surface area contributed by atoms with Gasteiger partial charge in [-0.25, -0.2) is 13.3 Å². The van der Waals surface area contributed by atoms with E-state index in [1.165, 1.54) is 19.3 Å². The largest absolute Gasteiger partial charge is 0.309 e. The Balaban J connectivity index is 0.000000628. The molecular weight excluding hydrogens is 402 g/mol. The molecule has 1 unspecified atom stereocenters. The fourth-order valence-corrected chi connectivity index (χ4v) is 3.93. The zero-order valence-corrected chi connectivity index (χ0v) is 16.9. The molecule has 3 aliphatic rings. The molecule has 0 bridgehead atoms. The fourth-order valence-electron chi connectivity index (χ4n) is 3.93. The molecule has 0 N–H and O–H groups in total. The van der Waals surface area contributed by atoms with Gasteiger partial charge in [-0.2, -0.15) is 15.5 Å². The average Bonchev–Trinajstić information content (AvgIpc) is 3.28. The van der Waals surface area contributed by atoms with Crippen molar-refractivity contribution in [2.24, 2.45) is 5.92 Å². The summed E-state index contributed by atoms with van der Waals surface area (Å²) in [7, 11) is 0. The smallest absolute Gasteiger partial charge is 0.252 e.